The minimum Gasteiger partial charge on any atom is -0.322 e. The summed E-state index contributed by atoms with van der Waals surface area (Å²) in [5.41, 5.74) is 4.65. The van der Waals surface area contributed by atoms with E-state index in [4.69, 9.17) is 0 Å². The van der Waals surface area contributed by atoms with E-state index >= 15 is 0 Å². The first kappa shape index (κ1) is 14.9. The standard InChI is InChI=1S/C15H19N5OS/c1-12-8-13(2-3-16-12)18-15(21)20-6-4-19(5-7-20)9-14-10-22-11-17-14/h2-3,8,10-11H,4-7,9H2,1H3,(H,16,18,21). The summed E-state index contributed by atoms with van der Waals surface area (Å²) >= 11 is 1.62. The molecule has 3 heterocycles. The molecule has 2 aromatic heterocycles. The van der Waals surface area contributed by atoms with Gasteiger partial charge in [-0.2, -0.15) is 0 Å². The summed E-state index contributed by atoms with van der Waals surface area (Å²) in [5, 5.41) is 5.00. The van der Waals surface area contributed by atoms with Gasteiger partial charge < -0.3 is 10.2 Å². The predicted octanol–water partition coefficient (Wildman–Crippen LogP) is 2.20. The Hall–Kier alpha value is -1.99. The van der Waals surface area contributed by atoms with E-state index in [-0.39, 0.29) is 6.03 Å². The molecule has 0 bridgehead atoms. The number of rotatable bonds is 3. The van der Waals surface area contributed by atoms with Crippen molar-refractivity contribution in [3.8, 4) is 0 Å². The number of hydrogen-bond donors (Lipinski definition) is 1. The molecule has 6 nitrogen and oxygen atoms in total. The number of amides is 2. The SMILES string of the molecule is Cc1cc(NC(=O)N2CCN(Cc3cscn3)CC2)ccn1. The lowest BCUT2D eigenvalue weighted by Gasteiger charge is -2.34. The van der Waals surface area contributed by atoms with Crippen molar-refractivity contribution < 1.29 is 4.79 Å². The highest BCUT2D eigenvalue weighted by atomic mass is 32.1. The van der Waals surface area contributed by atoms with Gasteiger partial charge in [0.05, 0.1) is 11.2 Å². The Bertz CT molecular complexity index is 623. The van der Waals surface area contributed by atoms with Gasteiger partial charge in [0.1, 0.15) is 0 Å². The van der Waals surface area contributed by atoms with Gasteiger partial charge in [0, 0.05) is 55.7 Å². The number of anilines is 1. The minimum atomic E-state index is -0.0427. The molecular weight excluding hydrogens is 298 g/mol. The third kappa shape index (κ3) is 3.80. The second-order valence-corrected chi connectivity index (χ2v) is 6.08. The number of carbonyl (C=O) groups excluding carboxylic acids is 1. The molecule has 0 unspecified atom stereocenters. The number of carbonyl (C=O) groups is 1. The van der Waals surface area contributed by atoms with Gasteiger partial charge in [0.25, 0.3) is 0 Å². The highest BCUT2D eigenvalue weighted by molar-refractivity contribution is 7.07. The van der Waals surface area contributed by atoms with Crippen LogP contribution in [0.2, 0.25) is 0 Å². The van der Waals surface area contributed by atoms with Crippen molar-refractivity contribution in [1.82, 2.24) is 19.8 Å². The Labute approximate surface area is 133 Å². The van der Waals surface area contributed by atoms with Crippen molar-refractivity contribution in [2.24, 2.45) is 0 Å². The first-order valence-corrected chi connectivity index (χ1v) is 8.23. The fourth-order valence-electron chi connectivity index (χ4n) is 2.48. The third-order valence-electron chi connectivity index (χ3n) is 3.68. The average Bonchev–Trinajstić information content (AvgIpc) is 3.01. The maximum Gasteiger partial charge on any atom is 0.321 e. The summed E-state index contributed by atoms with van der Waals surface area (Å²) in [5.74, 6) is 0. The lowest BCUT2D eigenvalue weighted by molar-refractivity contribution is 0.142. The van der Waals surface area contributed by atoms with Crippen LogP contribution in [0.1, 0.15) is 11.4 Å². The molecule has 7 heteroatoms. The zero-order valence-electron chi connectivity index (χ0n) is 12.5. The van der Waals surface area contributed by atoms with Gasteiger partial charge in [-0.25, -0.2) is 9.78 Å². The van der Waals surface area contributed by atoms with Gasteiger partial charge in [0.2, 0.25) is 0 Å². The van der Waals surface area contributed by atoms with E-state index in [1.54, 1.807) is 17.5 Å². The smallest absolute Gasteiger partial charge is 0.321 e. The van der Waals surface area contributed by atoms with E-state index in [1.807, 2.05) is 29.5 Å². The van der Waals surface area contributed by atoms with Crippen molar-refractivity contribution >= 4 is 23.1 Å². The van der Waals surface area contributed by atoms with Crippen molar-refractivity contribution in [3.05, 3.63) is 40.6 Å². The van der Waals surface area contributed by atoms with Gasteiger partial charge in [-0.1, -0.05) is 0 Å². The zero-order chi connectivity index (χ0) is 15.4. The van der Waals surface area contributed by atoms with Crippen LogP contribution < -0.4 is 5.32 Å². The molecule has 1 fully saturated rings. The van der Waals surface area contributed by atoms with Crippen molar-refractivity contribution in [2.75, 3.05) is 31.5 Å². The molecule has 0 saturated carbocycles. The van der Waals surface area contributed by atoms with Crippen molar-refractivity contribution in [2.45, 2.75) is 13.5 Å². The fourth-order valence-corrected chi connectivity index (χ4v) is 3.03. The Morgan fingerprint density at radius 2 is 2.14 bits per heavy atom. The van der Waals surface area contributed by atoms with Crippen LogP contribution in [0.15, 0.2) is 29.2 Å². The molecule has 1 aliphatic rings. The summed E-state index contributed by atoms with van der Waals surface area (Å²) in [4.78, 5) is 24.9. The first-order chi connectivity index (χ1) is 10.7. The molecule has 3 rings (SSSR count). The molecule has 0 atom stereocenters. The number of aryl methyl sites for hydroxylation is 1. The molecule has 1 saturated heterocycles. The molecule has 1 N–H and O–H groups in total. The second kappa shape index (κ2) is 6.85. The summed E-state index contributed by atoms with van der Waals surface area (Å²) in [6.07, 6.45) is 1.71. The topological polar surface area (TPSA) is 61.4 Å². The number of pyridine rings is 1. The predicted molar refractivity (Wildman–Crippen MR) is 87.0 cm³/mol. The quantitative estimate of drug-likeness (QED) is 0.943. The van der Waals surface area contributed by atoms with Gasteiger partial charge in [-0.15, -0.1) is 11.3 Å². The van der Waals surface area contributed by atoms with Gasteiger partial charge in [0.15, 0.2) is 0 Å². The van der Waals surface area contributed by atoms with E-state index in [9.17, 15) is 4.79 Å². The number of nitrogens with one attached hydrogen (secondary N) is 1. The number of thiazole rings is 1. The van der Waals surface area contributed by atoms with Gasteiger partial charge in [-0.05, 0) is 19.1 Å². The van der Waals surface area contributed by atoms with Gasteiger partial charge >= 0.3 is 6.03 Å². The molecule has 2 amide bonds. The molecule has 2 aromatic rings. The average molecular weight is 317 g/mol. The highest BCUT2D eigenvalue weighted by Gasteiger charge is 2.21. The number of piperazine rings is 1. The maximum absolute atomic E-state index is 12.3. The molecule has 0 aromatic carbocycles. The molecule has 116 valence electrons. The van der Waals surface area contributed by atoms with Crippen molar-refractivity contribution in [1.29, 1.82) is 0 Å². The number of nitrogens with zero attached hydrogens (tertiary/aromatic N) is 4. The van der Waals surface area contributed by atoms with E-state index in [1.165, 1.54) is 0 Å². The van der Waals surface area contributed by atoms with Crippen LogP contribution in [-0.2, 0) is 6.54 Å². The summed E-state index contributed by atoms with van der Waals surface area (Å²) in [6, 6.07) is 3.64. The number of aromatic nitrogens is 2. The van der Waals surface area contributed by atoms with Crippen LogP contribution in [0, 0.1) is 6.92 Å². The van der Waals surface area contributed by atoms with Crippen LogP contribution >= 0.6 is 11.3 Å². The largest absolute Gasteiger partial charge is 0.322 e. The third-order valence-corrected chi connectivity index (χ3v) is 4.31. The highest BCUT2D eigenvalue weighted by Crippen LogP contribution is 2.12. The lowest BCUT2D eigenvalue weighted by Crippen LogP contribution is -2.49. The molecule has 22 heavy (non-hydrogen) atoms. The maximum atomic E-state index is 12.3. The first-order valence-electron chi connectivity index (χ1n) is 7.29. The second-order valence-electron chi connectivity index (χ2n) is 5.36. The van der Waals surface area contributed by atoms with Crippen molar-refractivity contribution in [3.63, 3.8) is 0 Å². The fraction of sp³-hybridized carbons (Fsp3) is 0.400. The Kier molecular flexibility index (Phi) is 4.65. The summed E-state index contributed by atoms with van der Waals surface area (Å²) in [7, 11) is 0. The van der Waals surface area contributed by atoms with Crippen LogP contribution in [-0.4, -0.2) is 52.0 Å². The van der Waals surface area contributed by atoms with Crippen LogP contribution in [0.25, 0.3) is 0 Å². The van der Waals surface area contributed by atoms with Crippen LogP contribution in [0.4, 0.5) is 10.5 Å². The number of urea groups is 1. The Morgan fingerprint density at radius 1 is 1.32 bits per heavy atom. The molecule has 0 radical (unpaired) electrons. The summed E-state index contributed by atoms with van der Waals surface area (Å²) < 4.78 is 0. The Balaban J connectivity index is 1.49. The van der Waals surface area contributed by atoms with Gasteiger partial charge in [-0.3, -0.25) is 9.88 Å². The minimum absolute atomic E-state index is 0.0427. The lowest BCUT2D eigenvalue weighted by atomic mass is 10.3. The Morgan fingerprint density at radius 3 is 2.82 bits per heavy atom. The molecule has 0 aliphatic carbocycles. The normalized spacial score (nSPS) is 15.8. The van der Waals surface area contributed by atoms with E-state index in [0.29, 0.717) is 0 Å². The van der Waals surface area contributed by atoms with E-state index in [2.05, 4.69) is 25.6 Å². The molecule has 0 spiro atoms. The van der Waals surface area contributed by atoms with E-state index in [0.717, 1.165) is 49.8 Å². The zero-order valence-corrected chi connectivity index (χ0v) is 13.3. The molecular formula is C15H19N5OS. The monoisotopic (exact) mass is 317 g/mol. The van der Waals surface area contributed by atoms with E-state index < -0.39 is 0 Å². The van der Waals surface area contributed by atoms with Crippen LogP contribution in [0.5, 0.6) is 0 Å². The van der Waals surface area contributed by atoms with Crippen LogP contribution in [0.3, 0.4) is 0 Å². The number of hydrogen-bond acceptors (Lipinski definition) is 5. The summed E-state index contributed by atoms with van der Waals surface area (Å²) in [6.45, 7) is 6.00. The molecule has 1 aliphatic heterocycles.